The van der Waals surface area contributed by atoms with Crippen LogP contribution in [0, 0.1) is 5.41 Å². The van der Waals surface area contributed by atoms with Crippen LogP contribution in [0.2, 0.25) is 0 Å². The Labute approximate surface area is 150 Å². The quantitative estimate of drug-likeness (QED) is 0.519. The smallest absolute Gasteiger partial charge is 0.0994 e. The van der Waals surface area contributed by atoms with Gasteiger partial charge in [-0.05, 0) is 19.4 Å². The molecule has 0 heterocycles. The van der Waals surface area contributed by atoms with Gasteiger partial charge in [0, 0.05) is 23.3 Å². The van der Waals surface area contributed by atoms with Crippen molar-refractivity contribution in [3.8, 4) is 0 Å². The molecule has 0 spiro atoms. The predicted octanol–water partition coefficient (Wildman–Crippen LogP) is 5.26. The van der Waals surface area contributed by atoms with Crippen molar-refractivity contribution >= 4 is 11.4 Å². The molecule has 3 nitrogen and oxygen atoms in total. The third-order valence-electron chi connectivity index (χ3n) is 3.95. The minimum atomic E-state index is 0.0981. The molecule has 2 rings (SSSR count). The van der Waals surface area contributed by atoms with Gasteiger partial charge in [-0.25, -0.2) is 0 Å². The first-order chi connectivity index (χ1) is 12.1. The Morgan fingerprint density at radius 2 is 1.56 bits per heavy atom. The Hall–Kier alpha value is -2.68. The summed E-state index contributed by atoms with van der Waals surface area (Å²) >= 11 is 0. The molecule has 25 heavy (non-hydrogen) atoms. The van der Waals surface area contributed by atoms with E-state index in [0.717, 1.165) is 29.0 Å². The van der Waals surface area contributed by atoms with Gasteiger partial charge in [-0.15, -0.1) is 0 Å². The molecule has 1 N–H and O–H groups in total. The van der Waals surface area contributed by atoms with Gasteiger partial charge in [-0.3, -0.25) is 4.99 Å². The molecule has 0 aliphatic rings. The average molecular weight is 334 g/mol. The van der Waals surface area contributed by atoms with Crippen molar-refractivity contribution in [1.29, 1.82) is 5.41 Å². The molecule has 0 aromatic heterocycles. The van der Waals surface area contributed by atoms with Crippen LogP contribution in [0.4, 0.5) is 0 Å². The molecule has 1 atom stereocenters. The first-order valence-corrected chi connectivity index (χ1v) is 8.62. The van der Waals surface area contributed by atoms with Crippen molar-refractivity contribution in [2.24, 2.45) is 4.99 Å². The molecular weight excluding hydrogens is 308 g/mol. The molecule has 2 aromatic rings. The van der Waals surface area contributed by atoms with Crippen LogP contribution in [0.15, 0.2) is 77.5 Å². The van der Waals surface area contributed by atoms with Crippen LogP contribution in [-0.4, -0.2) is 24.6 Å². The van der Waals surface area contributed by atoms with Crippen LogP contribution in [0.5, 0.6) is 0 Å². The standard InChI is InChI=1S/C22H26N2O/c1-4-20(16-21(25-3)15-17(2)23)24-22(18-11-7-5-8-12-18)19-13-9-6-10-14-19/h5-15,20,23H,4,16H2,1-3H3/b21-15+,23-17?. The second-order valence-corrected chi connectivity index (χ2v) is 5.97. The van der Waals surface area contributed by atoms with Crippen molar-refractivity contribution in [1.82, 2.24) is 0 Å². The highest BCUT2D eigenvalue weighted by Gasteiger charge is 2.13. The van der Waals surface area contributed by atoms with E-state index in [9.17, 15) is 0 Å². The third kappa shape index (κ3) is 5.71. The van der Waals surface area contributed by atoms with E-state index < -0.39 is 0 Å². The van der Waals surface area contributed by atoms with Crippen molar-refractivity contribution in [2.75, 3.05) is 7.11 Å². The van der Waals surface area contributed by atoms with E-state index in [0.29, 0.717) is 12.1 Å². The summed E-state index contributed by atoms with van der Waals surface area (Å²) in [5.41, 5.74) is 3.70. The molecule has 0 aliphatic heterocycles. The summed E-state index contributed by atoms with van der Waals surface area (Å²) in [6.07, 6.45) is 3.36. The Kier molecular flexibility index (Phi) is 7.15. The summed E-state index contributed by atoms with van der Waals surface area (Å²) < 4.78 is 5.44. The first kappa shape index (κ1) is 18.7. The summed E-state index contributed by atoms with van der Waals surface area (Å²) in [4.78, 5) is 5.06. The lowest BCUT2D eigenvalue weighted by molar-refractivity contribution is 0.270. The summed E-state index contributed by atoms with van der Waals surface area (Å²) in [6.45, 7) is 3.88. The molecule has 1 unspecified atom stereocenters. The summed E-state index contributed by atoms with van der Waals surface area (Å²) in [6, 6.07) is 20.6. The van der Waals surface area contributed by atoms with Gasteiger partial charge >= 0.3 is 0 Å². The van der Waals surface area contributed by atoms with E-state index in [2.05, 4.69) is 31.2 Å². The molecule has 0 saturated carbocycles. The maximum atomic E-state index is 7.65. The van der Waals surface area contributed by atoms with Crippen LogP contribution in [0.25, 0.3) is 0 Å². The van der Waals surface area contributed by atoms with Crippen molar-refractivity contribution < 1.29 is 4.74 Å². The Morgan fingerprint density at radius 3 is 1.96 bits per heavy atom. The SMILES string of the molecule is CCC(C/C(=C\C(C)=N)OC)N=C(c1ccccc1)c1ccccc1. The molecule has 0 amide bonds. The fraction of sp³-hybridized carbons (Fsp3) is 0.273. The third-order valence-corrected chi connectivity index (χ3v) is 3.95. The zero-order valence-corrected chi connectivity index (χ0v) is 15.2. The number of nitrogens with one attached hydrogen (secondary N) is 1. The highest BCUT2D eigenvalue weighted by atomic mass is 16.5. The van der Waals surface area contributed by atoms with Gasteiger partial charge in [0.05, 0.1) is 24.6 Å². The Morgan fingerprint density at radius 1 is 1.04 bits per heavy atom. The molecule has 0 aliphatic carbocycles. The van der Waals surface area contributed by atoms with Crippen LogP contribution < -0.4 is 0 Å². The van der Waals surface area contributed by atoms with Crippen molar-refractivity contribution in [3.05, 3.63) is 83.6 Å². The topological polar surface area (TPSA) is 45.4 Å². The summed E-state index contributed by atoms with van der Waals surface area (Å²) in [5.74, 6) is 0.795. The van der Waals surface area contributed by atoms with Gasteiger partial charge in [0.2, 0.25) is 0 Å². The summed E-state index contributed by atoms with van der Waals surface area (Å²) in [7, 11) is 1.65. The number of methoxy groups -OCH3 is 1. The second kappa shape index (κ2) is 9.58. The maximum absolute atomic E-state index is 7.65. The zero-order chi connectivity index (χ0) is 18.1. The fourth-order valence-electron chi connectivity index (χ4n) is 2.65. The molecule has 0 radical (unpaired) electrons. The van der Waals surface area contributed by atoms with E-state index >= 15 is 0 Å². The minimum absolute atomic E-state index is 0.0981. The lowest BCUT2D eigenvalue weighted by Gasteiger charge is -2.16. The average Bonchev–Trinajstić information content (AvgIpc) is 2.65. The van der Waals surface area contributed by atoms with Crippen LogP contribution in [0.3, 0.4) is 0 Å². The van der Waals surface area contributed by atoms with E-state index in [4.69, 9.17) is 15.1 Å². The van der Waals surface area contributed by atoms with Gasteiger partial charge in [0.15, 0.2) is 0 Å². The highest BCUT2D eigenvalue weighted by molar-refractivity contribution is 6.12. The first-order valence-electron chi connectivity index (χ1n) is 8.62. The number of allylic oxidation sites excluding steroid dienone is 1. The van der Waals surface area contributed by atoms with Gasteiger partial charge in [0.25, 0.3) is 0 Å². The van der Waals surface area contributed by atoms with Crippen LogP contribution in [-0.2, 0) is 4.74 Å². The van der Waals surface area contributed by atoms with Gasteiger partial charge in [-0.2, -0.15) is 0 Å². The summed E-state index contributed by atoms with van der Waals surface area (Å²) in [5, 5.41) is 7.65. The number of rotatable bonds is 8. The molecule has 0 saturated heterocycles. The molecule has 2 aromatic carbocycles. The second-order valence-electron chi connectivity index (χ2n) is 5.97. The molecule has 3 heteroatoms. The van der Waals surface area contributed by atoms with Gasteiger partial charge in [-0.1, -0.05) is 67.6 Å². The normalized spacial score (nSPS) is 12.4. The van der Waals surface area contributed by atoms with Crippen LogP contribution in [0.1, 0.15) is 37.8 Å². The maximum Gasteiger partial charge on any atom is 0.0994 e. The highest BCUT2D eigenvalue weighted by Crippen LogP contribution is 2.18. The van der Waals surface area contributed by atoms with Gasteiger partial charge < -0.3 is 10.1 Å². The predicted molar refractivity (Wildman–Crippen MR) is 106 cm³/mol. The van der Waals surface area contributed by atoms with E-state index in [1.54, 1.807) is 20.1 Å². The number of ether oxygens (including phenoxy) is 1. The largest absolute Gasteiger partial charge is 0.501 e. The van der Waals surface area contributed by atoms with Gasteiger partial charge in [0.1, 0.15) is 0 Å². The minimum Gasteiger partial charge on any atom is -0.501 e. The van der Waals surface area contributed by atoms with E-state index in [-0.39, 0.29) is 6.04 Å². The fourth-order valence-corrected chi connectivity index (χ4v) is 2.65. The molecule has 0 bridgehead atoms. The monoisotopic (exact) mass is 334 g/mol. The van der Waals surface area contributed by atoms with E-state index in [1.807, 2.05) is 36.4 Å². The lowest BCUT2D eigenvalue weighted by atomic mass is 10.0. The molecule has 0 fully saturated rings. The number of benzene rings is 2. The Balaban J connectivity index is 2.39. The zero-order valence-electron chi connectivity index (χ0n) is 15.2. The number of aliphatic imine (C=N–C) groups is 1. The van der Waals surface area contributed by atoms with E-state index in [1.165, 1.54) is 0 Å². The number of hydrogen-bond acceptors (Lipinski definition) is 3. The van der Waals surface area contributed by atoms with Crippen molar-refractivity contribution in [2.45, 2.75) is 32.7 Å². The number of nitrogens with zero attached hydrogens (tertiary/aromatic N) is 1. The Bertz CT molecular complexity index is 692. The van der Waals surface area contributed by atoms with Crippen LogP contribution >= 0.6 is 0 Å². The number of hydrogen-bond donors (Lipinski definition) is 1. The van der Waals surface area contributed by atoms with Crippen molar-refractivity contribution in [3.63, 3.8) is 0 Å². The lowest BCUT2D eigenvalue weighted by Crippen LogP contribution is -2.12. The molecular formula is C22H26N2O. The molecule has 130 valence electrons.